The summed E-state index contributed by atoms with van der Waals surface area (Å²) in [6.07, 6.45) is 0. The highest BCUT2D eigenvalue weighted by molar-refractivity contribution is 5.95. The molecule has 0 aliphatic heterocycles. The molecule has 6 heteroatoms. The fourth-order valence-electron chi connectivity index (χ4n) is 2.30. The number of carbonyl (C=O) groups is 1. The number of aromatic nitrogens is 4. The second-order valence-corrected chi connectivity index (χ2v) is 5.85. The van der Waals surface area contributed by atoms with E-state index >= 15 is 0 Å². The lowest BCUT2D eigenvalue weighted by atomic mass is 10.0. The van der Waals surface area contributed by atoms with Gasteiger partial charge in [-0.05, 0) is 41.0 Å². The highest BCUT2D eigenvalue weighted by Crippen LogP contribution is 2.19. The Morgan fingerprint density at radius 3 is 2.38 bits per heavy atom. The van der Waals surface area contributed by atoms with Gasteiger partial charge in [0.1, 0.15) is 12.4 Å². The maximum absolute atomic E-state index is 12.9. The first-order valence-corrected chi connectivity index (χ1v) is 7.70. The monoisotopic (exact) mass is 324 g/mol. The van der Waals surface area contributed by atoms with Gasteiger partial charge in [-0.1, -0.05) is 38.1 Å². The van der Waals surface area contributed by atoms with E-state index in [-0.39, 0.29) is 18.1 Å². The van der Waals surface area contributed by atoms with Crippen LogP contribution in [0.1, 0.15) is 35.7 Å². The molecule has 5 nitrogen and oxygen atoms in total. The van der Waals surface area contributed by atoms with Crippen LogP contribution in [0.4, 0.5) is 4.39 Å². The van der Waals surface area contributed by atoms with Crippen molar-refractivity contribution in [2.45, 2.75) is 26.3 Å². The Hall–Kier alpha value is -2.89. The van der Waals surface area contributed by atoms with Gasteiger partial charge in [0, 0.05) is 11.1 Å². The third-order valence-corrected chi connectivity index (χ3v) is 3.74. The molecule has 2 aromatic carbocycles. The van der Waals surface area contributed by atoms with E-state index < -0.39 is 0 Å². The smallest absolute Gasteiger partial charge is 0.204 e. The standard InChI is InChI=1S/C18H17FN4O/c1-12(2)13-3-5-15(6-4-13)18-20-22-23(21-18)11-17(24)14-7-9-16(19)10-8-14/h3-10,12H,11H2,1-2H3. The zero-order valence-corrected chi connectivity index (χ0v) is 13.5. The fourth-order valence-corrected chi connectivity index (χ4v) is 2.30. The van der Waals surface area contributed by atoms with Crippen molar-refractivity contribution in [2.75, 3.05) is 0 Å². The van der Waals surface area contributed by atoms with Crippen LogP contribution in [0.5, 0.6) is 0 Å². The molecule has 3 aromatic rings. The molecule has 3 rings (SSSR count). The minimum Gasteiger partial charge on any atom is -0.292 e. The minimum atomic E-state index is -0.377. The van der Waals surface area contributed by atoms with Crippen molar-refractivity contribution < 1.29 is 9.18 Å². The number of rotatable bonds is 5. The van der Waals surface area contributed by atoms with Crippen LogP contribution >= 0.6 is 0 Å². The van der Waals surface area contributed by atoms with Gasteiger partial charge in [0.2, 0.25) is 5.82 Å². The summed E-state index contributed by atoms with van der Waals surface area (Å²) in [6, 6.07) is 13.3. The summed E-state index contributed by atoms with van der Waals surface area (Å²) < 4.78 is 12.9. The Labute approximate surface area is 139 Å². The first kappa shape index (κ1) is 16.0. The van der Waals surface area contributed by atoms with Gasteiger partial charge in [-0.3, -0.25) is 4.79 Å². The molecule has 122 valence electrons. The second-order valence-electron chi connectivity index (χ2n) is 5.85. The first-order valence-electron chi connectivity index (χ1n) is 7.70. The summed E-state index contributed by atoms with van der Waals surface area (Å²) in [5, 5.41) is 12.1. The highest BCUT2D eigenvalue weighted by atomic mass is 19.1. The number of Topliss-reactive ketones (excluding diaryl/α,β-unsaturated/α-hetero) is 1. The average Bonchev–Trinajstić information content (AvgIpc) is 3.04. The topological polar surface area (TPSA) is 60.7 Å². The van der Waals surface area contributed by atoms with Crippen LogP contribution in [0, 0.1) is 5.82 Å². The zero-order valence-electron chi connectivity index (χ0n) is 13.5. The van der Waals surface area contributed by atoms with Crippen molar-refractivity contribution in [3.63, 3.8) is 0 Å². The molecule has 0 aliphatic rings. The third-order valence-electron chi connectivity index (χ3n) is 3.74. The van der Waals surface area contributed by atoms with Gasteiger partial charge >= 0.3 is 0 Å². The number of hydrogen-bond acceptors (Lipinski definition) is 4. The number of halogens is 1. The molecule has 0 atom stereocenters. The molecular weight excluding hydrogens is 307 g/mol. The summed E-state index contributed by atoms with van der Waals surface area (Å²) in [7, 11) is 0. The molecule has 0 spiro atoms. The number of hydrogen-bond donors (Lipinski definition) is 0. The first-order chi connectivity index (χ1) is 11.5. The van der Waals surface area contributed by atoms with Crippen LogP contribution in [-0.2, 0) is 6.54 Å². The summed E-state index contributed by atoms with van der Waals surface area (Å²) >= 11 is 0. The zero-order chi connectivity index (χ0) is 17.1. The Bertz CT molecular complexity index is 838. The number of benzene rings is 2. The molecule has 0 unspecified atom stereocenters. The molecule has 0 amide bonds. The SMILES string of the molecule is CC(C)c1ccc(-c2nnn(CC(=O)c3ccc(F)cc3)n2)cc1. The minimum absolute atomic E-state index is 0.0390. The molecule has 0 saturated carbocycles. The van der Waals surface area contributed by atoms with Gasteiger partial charge < -0.3 is 0 Å². The largest absolute Gasteiger partial charge is 0.292 e. The van der Waals surface area contributed by atoms with Crippen molar-refractivity contribution in [3.05, 3.63) is 65.5 Å². The van der Waals surface area contributed by atoms with Crippen LogP contribution in [0.25, 0.3) is 11.4 Å². The normalized spacial score (nSPS) is 11.0. The van der Waals surface area contributed by atoms with Gasteiger partial charge in [0.25, 0.3) is 0 Å². The Kier molecular flexibility index (Phi) is 4.46. The number of tetrazole rings is 1. The van der Waals surface area contributed by atoms with Crippen molar-refractivity contribution in [3.8, 4) is 11.4 Å². The number of nitrogens with zero attached hydrogens (tertiary/aromatic N) is 4. The van der Waals surface area contributed by atoms with E-state index in [1.54, 1.807) is 0 Å². The van der Waals surface area contributed by atoms with Crippen molar-refractivity contribution >= 4 is 5.78 Å². The van der Waals surface area contributed by atoms with Crippen LogP contribution in [0.15, 0.2) is 48.5 Å². The summed E-state index contributed by atoms with van der Waals surface area (Å²) in [5.74, 6) is 0.347. The van der Waals surface area contributed by atoms with Crippen molar-refractivity contribution in [2.24, 2.45) is 0 Å². The lowest BCUT2D eigenvalue weighted by Crippen LogP contribution is -2.13. The molecule has 24 heavy (non-hydrogen) atoms. The van der Waals surface area contributed by atoms with E-state index in [1.165, 1.54) is 34.6 Å². The molecule has 0 aliphatic carbocycles. The Morgan fingerprint density at radius 1 is 1.08 bits per heavy atom. The predicted molar refractivity (Wildman–Crippen MR) is 88.1 cm³/mol. The molecule has 0 fully saturated rings. The Morgan fingerprint density at radius 2 is 1.75 bits per heavy atom. The van der Waals surface area contributed by atoms with Crippen LogP contribution in [-0.4, -0.2) is 26.0 Å². The summed E-state index contributed by atoms with van der Waals surface area (Å²) in [4.78, 5) is 13.4. The van der Waals surface area contributed by atoms with Crippen LogP contribution in [0.2, 0.25) is 0 Å². The maximum Gasteiger partial charge on any atom is 0.204 e. The summed E-state index contributed by atoms with van der Waals surface area (Å²) in [5.41, 5.74) is 2.49. The third kappa shape index (κ3) is 3.53. The number of ketones is 1. The van der Waals surface area contributed by atoms with Crippen LogP contribution in [0.3, 0.4) is 0 Å². The molecular formula is C18H17FN4O. The average molecular weight is 324 g/mol. The van der Waals surface area contributed by atoms with Crippen molar-refractivity contribution in [1.29, 1.82) is 0 Å². The van der Waals surface area contributed by atoms with Gasteiger partial charge in [-0.25, -0.2) is 4.39 Å². The van der Waals surface area contributed by atoms with Gasteiger partial charge in [-0.15, -0.1) is 10.2 Å². The Balaban J connectivity index is 1.73. The lowest BCUT2D eigenvalue weighted by Gasteiger charge is -2.04. The molecule has 0 saturated heterocycles. The molecule has 1 heterocycles. The predicted octanol–water partition coefficient (Wildman–Crippen LogP) is 3.49. The summed E-state index contributed by atoms with van der Waals surface area (Å²) in [6.45, 7) is 4.22. The van der Waals surface area contributed by atoms with E-state index in [4.69, 9.17) is 0 Å². The van der Waals surface area contributed by atoms with E-state index in [1.807, 2.05) is 24.3 Å². The molecule has 0 N–H and O–H groups in total. The van der Waals surface area contributed by atoms with Crippen molar-refractivity contribution in [1.82, 2.24) is 20.2 Å². The highest BCUT2D eigenvalue weighted by Gasteiger charge is 2.11. The quantitative estimate of drug-likeness (QED) is 0.674. The van der Waals surface area contributed by atoms with Gasteiger partial charge in [0.05, 0.1) is 0 Å². The molecule has 1 aromatic heterocycles. The maximum atomic E-state index is 12.9. The van der Waals surface area contributed by atoms with E-state index in [0.29, 0.717) is 17.3 Å². The van der Waals surface area contributed by atoms with Crippen LogP contribution < -0.4 is 0 Å². The van der Waals surface area contributed by atoms with E-state index in [9.17, 15) is 9.18 Å². The van der Waals surface area contributed by atoms with E-state index in [0.717, 1.165) is 5.56 Å². The van der Waals surface area contributed by atoms with E-state index in [2.05, 4.69) is 29.3 Å². The lowest BCUT2D eigenvalue weighted by molar-refractivity contribution is 0.0961. The molecule has 0 radical (unpaired) electrons. The number of carbonyl (C=O) groups excluding carboxylic acids is 1. The fraction of sp³-hybridized carbons (Fsp3) is 0.222. The van der Waals surface area contributed by atoms with Gasteiger partial charge in [-0.2, -0.15) is 4.80 Å². The second kappa shape index (κ2) is 6.70. The molecule has 0 bridgehead atoms. The van der Waals surface area contributed by atoms with Gasteiger partial charge in [0.15, 0.2) is 5.78 Å².